The summed E-state index contributed by atoms with van der Waals surface area (Å²) in [6, 6.07) is 8.50. The van der Waals surface area contributed by atoms with Crippen LogP contribution in [0.4, 0.5) is 0 Å². The standard InChI is InChI=1S/C14H17ClN2S/c1-2-17-14-6-4-3-5-11(14)13(16-17)7-10-8-18-9-12(10)15/h3-6,10,12H,2,7-9H2,1H3. The molecule has 2 atom stereocenters. The molecule has 0 spiro atoms. The Morgan fingerprint density at radius 3 is 2.94 bits per heavy atom. The second-order valence-corrected chi connectivity index (χ2v) is 6.43. The zero-order valence-corrected chi connectivity index (χ0v) is 12.0. The molecule has 18 heavy (non-hydrogen) atoms. The maximum atomic E-state index is 6.36. The van der Waals surface area contributed by atoms with Crippen LogP contribution in [-0.2, 0) is 13.0 Å². The molecule has 1 aliphatic heterocycles. The third-order valence-electron chi connectivity index (χ3n) is 3.61. The van der Waals surface area contributed by atoms with Gasteiger partial charge in [-0.1, -0.05) is 18.2 Å². The number of hydrogen-bond acceptors (Lipinski definition) is 2. The highest BCUT2D eigenvalue weighted by molar-refractivity contribution is 7.99. The van der Waals surface area contributed by atoms with Crippen molar-refractivity contribution in [2.45, 2.75) is 25.3 Å². The van der Waals surface area contributed by atoms with Gasteiger partial charge >= 0.3 is 0 Å². The Balaban J connectivity index is 1.96. The summed E-state index contributed by atoms with van der Waals surface area (Å²) in [4.78, 5) is 0. The van der Waals surface area contributed by atoms with Gasteiger partial charge in [0.15, 0.2) is 0 Å². The number of hydrogen-bond donors (Lipinski definition) is 0. The van der Waals surface area contributed by atoms with E-state index in [1.54, 1.807) is 0 Å². The van der Waals surface area contributed by atoms with Crippen LogP contribution in [0.25, 0.3) is 10.9 Å². The molecule has 1 aliphatic rings. The minimum atomic E-state index is 0.306. The molecule has 96 valence electrons. The van der Waals surface area contributed by atoms with Crippen molar-refractivity contribution in [3.05, 3.63) is 30.0 Å². The molecule has 1 saturated heterocycles. The quantitative estimate of drug-likeness (QED) is 0.800. The summed E-state index contributed by atoms with van der Waals surface area (Å²) in [6.07, 6.45) is 1.01. The summed E-state index contributed by atoms with van der Waals surface area (Å²) < 4.78 is 2.09. The Bertz CT molecular complexity index is 552. The Morgan fingerprint density at radius 2 is 2.22 bits per heavy atom. The second kappa shape index (κ2) is 5.14. The van der Waals surface area contributed by atoms with E-state index in [-0.39, 0.29) is 0 Å². The topological polar surface area (TPSA) is 17.8 Å². The Labute approximate surface area is 117 Å². The van der Waals surface area contributed by atoms with Gasteiger partial charge in [-0.15, -0.1) is 11.6 Å². The highest BCUT2D eigenvalue weighted by Crippen LogP contribution is 2.32. The second-order valence-electron chi connectivity index (χ2n) is 4.80. The molecule has 2 aromatic rings. The summed E-state index contributed by atoms with van der Waals surface area (Å²) >= 11 is 8.33. The fourth-order valence-electron chi connectivity index (χ4n) is 2.60. The van der Waals surface area contributed by atoms with Gasteiger partial charge in [0.2, 0.25) is 0 Å². The van der Waals surface area contributed by atoms with Gasteiger partial charge in [-0.25, -0.2) is 0 Å². The lowest BCUT2D eigenvalue weighted by Crippen LogP contribution is -2.15. The number of thioether (sulfide) groups is 1. The number of aryl methyl sites for hydroxylation is 1. The summed E-state index contributed by atoms with van der Waals surface area (Å²) in [5.74, 6) is 2.82. The maximum Gasteiger partial charge on any atom is 0.0706 e. The number of para-hydroxylation sites is 1. The fraction of sp³-hybridized carbons (Fsp3) is 0.500. The highest BCUT2D eigenvalue weighted by atomic mass is 35.5. The third-order valence-corrected chi connectivity index (χ3v) is 5.56. The smallest absolute Gasteiger partial charge is 0.0706 e. The number of benzene rings is 1. The first-order chi connectivity index (χ1) is 8.79. The largest absolute Gasteiger partial charge is 0.265 e. The van der Waals surface area contributed by atoms with E-state index in [9.17, 15) is 0 Å². The molecule has 0 radical (unpaired) electrons. The molecule has 3 rings (SSSR count). The van der Waals surface area contributed by atoms with E-state index in [0.29, 0.717) is 11.3 Å². The summed E-state index contributed by atoms with van der Waals surface area (Å²) in [7, 11) is 0. The lowest BCUT2D eigenvalue weighted by atomic mass is 10.0. The van der Waals surface area contributed by atoms with Crippen LogP contribution in [0.1, 0.15) is 12.6 Å². The SMILES string of the molecule is CCn1nc(CC2CSCC2Cl)c2ccccc21. The van der Waals surface area contributed by atoms with Crippen molar-refractivity contribution < 1.29 is 0 Å². The van der Waals surface area contributed by atoms with E-state index in [0.717, 1.165) is 18.7 Å². The van der Waals surface area contributed by atoms with Crippen molar-refractivity contribution >= 4 is 34.3 Å². The maximum absolute atomic E-state index is 6.36. The molecule has 4 heteroatoms. The number of nitrogens with zero attached hydrogens (tertiary/aromatic N) is 2. The van der Waals surface area contributed by atoms with Crippen LogP contribution in [0.2, 0.25) is 0 Å². The van der Waals surface area contributed by atoms with Crippen LogP contribution in [0.15, 0.2) is 24.3 Å². The van der Waals surface area contributed by atoms with E-state index in [1.165, 1.54) is 22.3 Å². The molecule has 0 aliphatic carbocycles. The van der Waals surface area contributed by atoms with Crippen molar-refractivity contribution in [2.75, 3.05) is 11.5 Å². The molecule has 0 N–H and O–H groups in total. The zero-order valence-electron chi connectivity index (χ0n) is 10.5. The first-order valence-corrected chi connectivity index (χ1v) is 8.05. The van der Waals surface area contributed by atoms with E-state index in [1.807, 2.05) is 11.8 Å². The molecule has 0 saturated carbocycles. The van der Waals surface area contributed by atoms with Gasteiger partial charge in [0.1, 0.15) is 0 Å². The summed E-state index contributed by atoms with van der Waals surface area (Å²) in [5.41, 5.74) is 2.46. The van der Waals surface area contributed by atoms with Crippen molar-refractivity contribution in [2.24, 2.45) is 5.92 Å². The van der Waals surface area contributed by atoms with Gasteiger partial charge in [0, 0.05) is 23.1 Å². The van der Waals surface area contributed by atoms with Crippen molar-refractivity contribution in [1.29, 1.82) is 0 Å². The van der Waals surface area contributed by atoms with Gasteiger partial charge in [-0.05, 0) is 31.1 Å². The number of aromatic nitrogens is 2. The molecule has 0 amide bonds. The minimum absolute atomic E-state index is 0.306. The van der Waals surface area contributed by atoms with Crippen LogP contribution < -0.4 is 0 Å². The van der Waals surface area contributed by atoms with E-state index in [4.69, 9.17) is 16.7 Å². The zero-order chi connectivity index (χ0) is 12.5. The average molecular weight is 281 g/mol. The molecule has 1 fully saturated rings. The summed E-state index contributed by atoms with van der Waals surface area (Å²) in [5, 5.41) is 6.35. The first-order valence-electron chi connectivity index (χ1n) is 6.46. The number of fused-ring (bicyclic) bond motifs is 1. The van der Waals surface area contributed by atoms with Crippen LogP contribution in [0.3, 0.4) is 0 Å². The Kier molecular flexibility index (Phi) is 3.53. The van der Waals surface area contributed by atoms with Crippen molar-refractivity contribution in [3.63, 3.8) is 0 Å². The first kappa shape index (κ1) is 12.4. The van der Waals surface area contributed by atoms with Gasteiger partial charge < -0.3 is 0 Å². The lowest BCUT2D eigenvalue weighted by Gasteiger charge is -2.10. The van der Waals surface area contributed by atoms with Gasteiger partial charge in [0.25, 0.3) is 0 Å². The number of halogens is 1. The number of alkyl halides is 1. The van der Waals surface area contributed by atoms with E-state index in [2.05, 4.69) is 35.9 Å². The average Bonchev–Trinajstić information content (AvgIpc) is 2.95. The molecule has 0 bridgehead atoms. The van der Waals surface area contributed by atoms with E-state index >= 15 is 0 Å². The van der Waals surface area contributed by atoms with Crippen molar-refractivity contribution in [3.8, 4) is 0 Å². The molecule has 2 nitrogen and oxygen atoms in total. The lowest BCUT2D eigenvalue weighted by molar-refractivity contribution is 0.579. The van der Waals surface area contributed by atoms with Gasteiger partial charge in [0.05, 0.1) is 11.2 Å². The fourth-order valence-corrected chi connectivity index (χ4v) is 4.43. The van der Waals surface area contributed by atoms with Crippen LogP contribution in [0, 0.1) is 5.92 Å². The molecular formula is C14H17ClN2S. The predicted molar refractivity (Wildman–Crippen MR) is 79.6 cm³/mol. The molecule has 2 heterocycles. The monoisotopic (exact) mass is 280 g/mol. The molecule has 1 aromatic carbocycles. The molecule has 1 aromatic heterocycles. The Morgan fingerprint density at radius 1 is 1.39 bits per heavy atom. The molecule has 2 unspecified atom stereocenters. The normalized spacial score (nSPS) is 23.9. The van der Waals surface area contributed by atoms with Gasteiger partial charge in [-0.2, -0.15) is 16.9 Å². The van der Waals surface area contributed by atoms with Crippen molar-refractivity contribution in [1.82, 2.24) is 9.78 Å². The van der Waals surface area contributed by atoms with Crippen LogP contribution in [0.5, 0.6) is 0 Å². The van der Waals surface area contributed by atoms with Crippen LogP contribution in [-0.4, -0.2) is 26.7 Å². The predicted octanol–water partition coefficient (Wildman–Crippen LogP) is 3.57. The third kappa shape index (κ3) is 2.14. The van der Waals surface area contributed by atoms with Gasteiger partial charge in [-0.3, -0.25) is 4.68 Å². The highest BCUT2D eigenvalue weighted by Gasteiger charge is 2.27. The molecular weight excluding hydrogens is 264 g/mol. The Hall–Kier alpha value is -0.670. The summed E-state index contributed by atoms with van der Waals surface area (Å²) in [6.45, 7) is 3.06. The number of rotatable bonds is 3. The van der Waals surface area contributed by atoms with E-state index < -0.39 is 0 Å². The minimum Gasteiger partial charge on any atom is -0.265 e. The van der Waals surface area contributed by atoms with Crippen LogP contribution >= 0.6 is 23.4 Å².